The molecular weight excluding hydrogens is 691 g/mol. The molecular formula is C35H27ClF3N7O3S. The molecule has 254 valence electrons. The molecule has 4 aromatic heterocycles. The first-order valence-electron chi connectivity index (χ1n) is 15.5. The normalized spacial score (nSPS) is 15.7. The average molecular weight is 718 g/mol. The number of pyridine rings is 2. The second-order valence-corrected chi connectivity index (χ2v) is 14.1. The van der Waals surface area contributed by atoms with E-state index in [0.717, 1.165) is 5.56 Å². The van der Waals surface area contributed by atoms with Crippen molar-refractivity contribution in [2.75, 3.05) is 31.6 Å². The number of aromatic nitrogens is 4. The predicted molar refractivity (Wildman–Crippen MR) is 184 cm³/mol. The zero-order valence-corrected chi connectivity index (χ0v) is 28.2. The second-order valence-electron chi connectivity index (χ2n) is 12.8. The third-order valence-electron chi connectivity index (χ3n) is 9.44. The molecule has 15 heteroatoms. The summed E-state index contributed by atoms with van der Waals surface area (Å²) in [4.78, 5) is 42.2. The first-order chi connectivity index (χ1) is 23.8. The predicted octanol–water partition coefficient (Wildman–Crippen LogP) is 6.11. The summed E-state index contributed by atoms with van der Waals surface area (Å²) in [6.45, 7) is 1.48. The maximum atomic E-state index is 13.9. The van der Waals surface area contributed by atoms with Gasteiger partial charge in [-0.25, -0.2) is 14.8 Å². The number of fused-ring (bicyclic) bond motifs is 2. The summed E-state index contributed by atoms with van der Waals surface area (Å²) < 4.78 is 40.4. The minimum Gasteiger partial charge on any atom is -0.478 e. The second kappa shape index (κ2) is 12.4. The van der Waals surface area contributed by atoms with E-state index in [0.29, 0.717) is 63.9 Å². The number of carboxylic acid groups (broad SMARTS) is 1. The van der Waals surface area contributed by atoms with Crippen LogP contribution in [0.2, 0.25) is 5.02 Å². The highest BCUT2D eigenvalue weighted by Crippen LogP contribution is 2.51. The van der Waals surface area contributed by atoms with Crippen molar-refractivity contribution in [3.8, 4) is 29.0 Å². The Hall–Kier alpha value is -5.02. The van der Waals surface area contributed by atoms with Gasteiger partial charge in [0, 0.05) is 59.5 Å². The monoisotopic (exact) mass is 717 g/mol. The summed E-state index contributed by atoms with van der Waals surface area (Å²) in [5, 5.41) is 21.9. The Morgan fingerprint density at radius 1 is 1.22 bits per heavy atom. The van der Waals surface area contributed by atoms with E-state index in [-0.39, 0.29) is 40.0 Å². The van der Waals surface area contributed by atoms with Crippen LogP contribution in [0.3, 0.4) is 0 Å². The lowest BCUT2D eigenvalue weighted by atomic mass is 9.60. The van der Waals surface area contributed by atoms with Gasteiger partial charge in [0.15, 0.2) is 0 Å². The minimum absolute atomic E-state index is 0.0355. The summed E-state index contributed by atoms with van der Waals surface area (Å²) in [7, 11) is 1.78. The molecule has 2 fully saturated rings. The number of nitrogens with zero attached hydrogens (tertiary/aromatic N) is 7. The molecule has 0 amide bonds. The number of thiophene rings is 1. The Kier molecular flexibility index (Phi) is 8.29. The molecule has 7 rings (SSSR count). The molecule has 5 aromatic rings. The summed E-state index contributed by atoms with van der Waals surface area (Å²) in [6.07, 6.45) is 0.104. The van der Waals surface area contributed by atoms with Gasteiger partial charge in [-0.3, -0.25) is 19.2 Å². The lowest BCUT2D eigenvalue weighted by molar-refractivity contribution is -0.181. The Balaban J connectivity index is 1.17. The van der Waals surface area contributed by atoms with Crippen molar-refractivity contribution < 1.29 is 23.1 Å². The third-order valence-corrected chi connectivity index (χ3v) is 10.7. The van der Waals surface area contributed by atoms with E-state index in [2.05, 4.69) is 32.9 Å². The van der Waals surface area contributed by atoms with Crippen molar-refractivity contribution in [1.82, 2.24) is 24.4 Å². The number of halogens is 4. The van der Waals surface area contributed by atoms with Gasteiger partial charge in [-0.15, -0.1) is 11.3 Å². The van der Waals surface area contributed by atoms with Gasteiger partial charge in [0.2, 0.25) is 0 Å². The smallest absolute Gasteiger partial charge is 0.401 e. The quantitative estimate of drug-likeness (QED) is 0.207. The molecule has 0 unspecified atom stereocenters. The lowest BCUT2D eigenvalue weighted by Crippen LogP contribution is -2.67. The number of nitriles is 1. The number of anilines is 1. The van der Waals surface area contributed by atoms with E-state index in [1.54, 1.807) is 43.6 Å². The fraction of sp³-hybridized carbons (Fsp3) is 0.314. The number of aryl methyl sites for hydroxylation is 1. The van der Waals surface area contributed by atoms with Gasteiger partial charge < -0.3 is 10.0 Å². The molecule has 1 saturated heterocycles. The first kappa shape index (κ1) is 33.5. The number of alkyl halides is 3. The standard InChI is InChI=1S/C35H27ClF3N7O3S/c1-19-43-27-14-42-31(44(2)22-11-34(12-22)16-45(17-34)18-35(37,38)39)25(13-40)28(27)32(47)46(19)9-3-4-20-5-6-21(36)10-24(20)23-7-8-41-29-26(33(48)49)15-50-30(23)29/h5-8,10,14-15,22H,9,11-12,16-18H2,1-2H3,(H,48,49). The zero-order valence-electron chi connectivity index (χ0n) is 26.7. The average Bonchev–Trinajstić information content (AvgIpc) is 3.47. The Morgan fingerprint density at radius 3 is 2.68 bits per heavy atom. The minimum atomic E-state index is -4.23. The summed E-state index contributed by atoms with van der Waals surface area (Å²) >= 11 is 7.63. The van der Waals surface area contributed by atoms with Crippen molar-refractivity contribution in [3.63, 3.8) is 0 Å². The maximum Gasteiger partial charge on any atom is 0.401 e. The number of carboxylic acids is 1. The van der Waals surface area contributed by atoms with Gasteiger partial charge in [0.05, 0.1) is 46.0 Å². The Morgan fingerprint density at radius 2 is 1.98 bits per heavy atom. The highest BCUT2D eigenvalue weighted by atomic mass is 35.5. The molecule has 0 radical (unpaired) electrons. The van der Waals surface area contributed by atoms with Crippen LogP contribution >= 0.6 is 22.9 Å². The molecule has 2 aliphatic rings. The number of aromatic carboxylic acids is 1. The van der Waals surface area contributed by atoms with E-state index in [1.165, 1.54) is 33.2 Å². The van der Waals surface area contributed by atoms with Crippen molar-refractivity contribution in [1.29, 1.82) is 5.26 Å². The molecule has 0 atom stereocenters. The number of likely N-dealkylation sites (tertiary alicyclic amines) is 1. The summed E-state index contributed by atoms with van der Waals surface area (Å²) in [5.74, 6) is 5.81. The van der Waals surface area contributed by atoms with E-state index in [4.69, 9.17) is 11.6 Å². The fourth-order valence-corrected chi connectivity index (χ4v) is 8.34. The van der Waals surface area contributed by atoms with Gasteiger partial charge in [-0.2, -0.15) is 18.4 Å². The van der Waals surface area contributed by atoms with Crippen LogP contribution in [0.5, 0.6) is 0 Å². The van der Waals surface area contributed by atoms with Gasteiger partial charge in [0.1, 0.15) is 23.3 Å². The number of benzene rings is 1. The van der Waals surface area contributed by atoms with E-state index < -0.39 is 24.2 Å². The highest BCUT2D eigenvalue weighted by molar-refractivity contribution is 7.18. The lowest BCUT2D eigenvalue weighted by Gasteiger charge is -2.61. The van der Waals surface area contributed by atoms with Crippen LogP contribution in [0.15, 0.2) is 46.8 Å². The third kappa shape index (κ3) is 5.93. The molecule has 1 aliphatic carbocycles. The van der Waals surface area contributed by atoms with Crippen LogP contribution in [0, 0.1) is 35.5 Å². The fourth-order valence-electron chi connectivity index (χ4n) is 7.14. The van der Waals surface area contributed by atoms with Gasteiger partial charge in [0.25, 0.3) is 5.56 Å². The molecule has 1 aromatic carbocycles. The van der Waals surface area contributed by atoms with Gasteiger partial charge in [-0.1, -0.05) is 23.4 Å². The van der Waals surface area contributed by atoms with Crippen LogP contribution in [-0.4, -0.2) is 74.4 Å². The summed E-state index contributed by atoms with van der Waals surface area (Å²) in [5.41, 5.74) is 2.20. The topological polar surface area (TPSA) is 128 Å². The molecule has 50 heavy (non-hydrogen) atoms. The van der Waals surface area contributed by atoms with Gasteiger partial charge >= 0.3 is 12.1 Å². The van der Waals surface area contributed by atoms with Crippen molar-refractivity contribution in [3.05, 3.63) is 79.9 Å². The number of hydrogen-bond acceptors (Lipinski definition) is 9. The van der Waals surface area contributed by atoms with Crippen molar-refractivity contribution in [2.24, 2.45) is 5.41 Å². The highest BCUT2D eigenvalue weighted by Gasteiger charge is 2.55. The van der Waals surface area contributed by atoms with Gasteiger partial charge in [-0.05, 0) is 49.4 Å². The molecule has 1 saturated carbocycles. The summed E-state index contributed by atoms with van der Waals surface area (Å²) in [6, 6.07) is 9.07. The maximum absolute atomic E-state index is 13.9. The molecule has 10 nitrogen and oxygen atoms in total. The number of carbonyl (C=O) groups is 1. The van der Waals surface area contributed by atoms with E-state index in [1.807, 2.05) is 4.90 Å². The van der Waals surface area contributed by atoms with Crippen LogP contribution < -0.4 is 10.5 Å². The van der Waals surface area contributed by atoms with Crippen LogP contribution in [0.4, 0.5) is 19.0 Å². The SMILES string of the molecule is Cc1nc2cnc(N(C)C3CC4(C3)CN(CC(F)(F)F)C4)c(C#N)c2c(=O)n1CC#Cc1ccc(Cl)cc1-c1ccnc2c(C(=O)O)csc12. The van der Waals surface area contributed by atoms with E-state index >= 15 is 0 Å². The molecule has 1 spiro atoms. The largest absolute Gasteiger partial charge is 0.478 e. The molecule has 1 N–H and O–H groups in total. The zero-order chi connectivity index (χ0) is 35.5. The molecule has 5 heterocycles. The van der Waals surface area contributed by atoms with Crippen molar-refractivity contribution >= 4 is 55.8 Å². The molecule has 0 bridgehead atoms. The Bertz CT molecular complexity index is 2380. The van der Waals surface area contributed by atoms with Crippen molar-refractivity contribution in [2.45, 2.75) is 38.5 Å². The van der Waals surface area contributed by atoms with Crippen LogP contribution in [0.25, 0.3) is 32.2 Å². The first-order valence-corrected chi connectivity index (χ1v) is 16.7. The Labute approximate surface area is 292 Å². The van der Waals surface area contributed by atoms with E-state index in [9.17, 15) is 33.1 Å². The van der Waals surface area contributed by atoms with Crippen LogP contribution in [-0.2, 0) is 6.54 Å². The molecule has 1 aliphatic heterocycles. The van der Waals surface area contributed by atoms with Crippen LogP contribution in [0.1, 0.15) is 40.2 Å². The number of hydrogen-bond donors (Lipinski definition) is 1. The number of rotatable bonds is 6.